The minimum atomic E-state index is -1.09. The van der Waals surface area contributed by atoms with Crippen LogP contribution in [0, 0.1) is 27.3 Å². The quantitative estimate of drug-likeness (QED) is 0.469. The van der Waals surface area contributed by atoms with Gasteiger partial charge >= 0.3 is 5.69 Å². The lowest BCUT2D eigenvalue weighted by atomic mass is 10.2. The topological polar surface area (TPSA) is 96.0 Å². The Morgan fingerprint density at radius 2 is 2.31 bits per heavy atom. The van der Waals surface area contributed by atoms with Crippen molar-refractivity contribution in [2.45, 2.75) is 0 Å². The van der Waals surface area contributed by atoms with Crippen LogP contribution in [0.3, 0.4) is 0 Å². The molecular formula is C9H6FN3O3. The number of hydrogen-bond acceptors (Lipinski definition) is 4. The Hall–Kier alpha value is -2.49. The van der Waals surface area contributed by atoms with Gasteiger partial charge in [-0.2, -0.15) is 9.65 Å². The number of rotatable bonds is 3. The Balaban J connectivity index is 2.93. The molecule has 1 aromatic rings. The molecule has 0 atom stereocenters. The van der Waals surface area contributed by atoms with Gasteiger partial charge in [0.15, 0.2) is 0 Å². The van der Waals surface area contributed by atoms with Crippen molar-refractivity contribution in [3.63, 3.8) is 0 Å². The fraction of sp³-hybridized carbons (Fsp3) is 0.111. The normalized spacial score (nSPS) is 9.25. The Morgan fingerprint density at radius 3 is 2.81 bits per heavy atom. The largest absolute Gasteiger partial charge is 0.339 e. The van der Waals surface area contributed by atoms with E-state index in [0.717, 1.165) is 18.2 Å². The second-order valence-electron chi connectivity index (χ2n) is 2.76. The van der Waals surface area contributed by atoms with Crippen molar-refractivity contribution in [3.8, 4) is 6.07 Å². The zero-order valence-corrected chi connectivity index (χ0v) is 7.94. The predicted octanol–water partition coefficient (Wildman–Crippen LogP) is 0.987. The SMILES string of the molecule is N#CCNC(=O)c1ccc([N+](=O)[O-])c(F)c1. The predicted molar refractivity (Wildman–Crippen MR) is 51.0 cm³/mol. The Morgan fingerprint density at radius 1 is 1.62 bits per heavy atom. The molecule has 82 valence electrons. The van der Waals surface area contributed by atoms with Crippen LogP contribution in [0.4, 0.5) is 10.1 Å². The molecule has 0 saturated heterocycles. The number of carbonyl (C=O) groups is 1. The zero-order chi connectivity index (χ0) is 12.1. The van der Waals surface area contributed by atoms with Crippen molar-refractivity contribution in [1.29, 1.82) is 5.26 Å². The van der Waals surface area contributed by atoms with Crippen LogP contribution in [0.5, 0.6) is 0 Å². The highest BCUT2D eigenvalue weighted by atomic mass is 19.1. The monoisotopic (exact) mass is 223 g/mol. The van der Waals surface area contributed by atoms with Gasteiger partial charge in [-0.1, -0.05) is 0 Å². The summed E-state index contributed by atoms with van der Waals surface area (Å²) < 4.78 is 13.1. The van der Waals surface area contributed by atoms with E-state index in [-0.39, 0.29) is 12.1 Å². The van der Waals surface area contributed by atoms with Gasteiger partial charge in [-0.05, 0) is 12.1 Å². The van der Waals surface area contributed by atoms with Crippen LogP contribution in [0.25, 0.3) is 0 Å². The average Bonchev–Trinajstić information content (AvgIpc) is 2.25. The van der Waals surface area contributed by atoms with Gasteiger partial charge in [-0.15, -0.1) is 0 Å². The van der Waals surface area contributed by atoms with Crippen molar-refractivity contribution in [2.24, 2.45) is 0 Å². The Labute approximate surface area is 89.4 Å². The molecule has 1 rings (SSSR count). The molecule has 1 aromatic carbocycles. The number of benzene rings is 1. The summed E-state index contributed by atoms with van der Waals surface area (Å²) in [7, 11) is 0. The number of nitro groups is 1. The summed E-state index contributed by atoms with van der Waals surface area (Å²) in [6.07, 6.45) is 0. The highest BCUT2D eigenvalue weighted by Crippen LogP contribution is 2.17. The van der Waals surface area contributed by atoms with E-state index < -0.39 is 22.3 Å². The first kappa shape index (κ1) is 11.6. The molecule has 0 spiro atoms. The highest BCUT2D eigenvalue weighted by Gasteiger charge is 2.16. The molecule has 0 unspecified atom stereocenters. The van der Waals surface area contributed by atoms with Gasteiger partial charge in [0.05, 0.1) is 11.0 Å². The summed E-state index contributed by atoms with van der Waals surface area (Å²) in [6.45, 7) is -0.211. The number of nitro benzene ring substituents is 1. The summed E-state index contributed by atoms with van der Waals surface area (Å²) in [6, 6.07) is 4.45. The summed E-state index contributed by atoms with van der Waals surface area (Å²) in [5.74, 6) is -1.75. The number of carbonyl (C=O) groups excluding carboxylic acids is 1. The zero-order valence-electron chi connectivity index (χ0n) is 7.94. The Kier molecular flexibility index (Phi) is 3.50. The molecular weight excluding hydrogens is 217 g/mol. The molecule has 7 heteroatoms. The van der Waals surface area contributed by atoms with Crippen LogP contribution in [-0.4, -0.2) is 17.4 Å². The third-order valence-electron chi connectivity index (χ3n) is 1.73. The summed E-state index contributed by atoms with van der Waals surface area (Å²) in [4.78, 5) is 20.7. The van der Waals surface area contributed by atoms with Gasteiger partial charge < -0.3 is 5.32 Å². The summed E-state index contributed by atoms with van der Waals surface area (Å²) in [5, 5.41) is 20.7. The van der Waals surface area contributed by atoms with Crippen LogP contribution in [0.2, 0.25) is 0 Å². The van der Waals surface area contributed by atoms with Gasteiger partial charge in [-0.25, -0.2) is 0 Å². The number of halogens is 1. The molecule has 6 nitrogen and oxygen atoms in total. The third-order valence-corrected chi connectivity index (χ3v) is 1.73. The molecule has 0 radical (unpaired) electrons. The number of nitrogens with one attached hydrogen (secondary N) is 1. The van der Waals surface area contributed by atoms with Crippen molar-refractivity contribution in [2.75, 3.05) is 6.54 Å². The fourth-order valence-corrected chi connectivity index (χ4v) is 1.02. The van der Waals surface area contributed by atoms with Crippen LogP contribution in [-0.2, 0) is 0 Å². The molecule has 0 fully saturated rings. The first-order valence-corrected chi connectivity index (χ1v) is 4.15. The standard InChI is InChI=1S/C9H6FN3O3/c10-7-5-6(9(14)12-4-3-11)1-2-8(7)13(15)16/h1-2,5H,4H2,(H,12,14). The smallest absolute Gasteiger partial charge is 0.304 e. The second kappa shape index (κ2) is 4.84. The number of nitrogens with zero attached hydrogens (tertiary/aromatic N) is 2. The van der Waals surface area contributed by atoms with E-state index >= 15 is 0 Å². The minimum Gasteiger partial charge on any atom is -0.339 e. The van der Waals surface area contributed by atoms with Crippen molar-refractivity contribution < 1.29 is 14.1 Å². The van der Waals surface area contributed by atoms with Crippen molar-refractivity contribution >= 4 is 11.6 Å². The van der Waals surface area contributed by atoms with Crippen molar-refractivity contribution in [1.82, 2.24) is 5.32 Å². The van der Waals surface area contributed by atoms with E-state index in [0.29, 0.717) is 0 Å². The minimum absolute atomic E-state index is 0.0710. The molecule has 1 N–H and O–H groups in total. The maximum atomic E-state index is 13.1. The third kappa shape index (κ3) is 2.51. The van der Waals surface area contributed by atoms with Crippen LogP contribution < -0.4 is 5.32 Å². The lowest BCUT2D eigenvalue weighted by Gasteiger charge is -2.01. The molecule has 0 aliphatic carbocycles. The van der Waals surface area contributed by atoms with Crippen LogP contribution in [0.1, 0.15) is 10.4 Å². The van der Waals surface area contributed by atoms with Crippen LogP contribution in [0.15, 0.2) is 18.2 Å². The van der Waals surface area contributed by atoms with E-state index in [9.17, 15) is 19.3 Å². The maximum Gasteiger partial charge on any atom is 0.304 e. The van der Waals surface area contributed by atoms with E-state index in [1.54, 1.807) is 6.07 Å². The van der Waals surface area contributed by atoms with Crippen LogP contribution >= 0.6 is 0 Å². The molecule has 0 aliphatic rings. The lowest BCUT2D eigenvalue weighted by Crippen LogP contribution is -2.23. The number of amides is 1. The van der Waals surface area contributed by atoms with Gasteiger partial charge in [0.1, 0.15) is 6.54 Å². The van der Waals surface area contributed by atoms with Gasteiger partial charge in [0.2, 0.25) is 5.82 Å². The molecule has 0 bridgehead atoms. The second-order valence-corrected chi connectivity index (χ2v) is 2.76. The lowest BCUT2D eigenvalue weighted by molar-refractivity contribution is -0.387. The van der Waals surface area contributed by atoms with Gasteiger partial charge in [0, 0.05) is 11.6 Å². The van der Waals surface area contributed by atoms with E-state index in [4.69, 9.17) is 5.26 Å². The summed E-state index contributed by atoms with van der Waals surface area (Å²) in [5.41, 5.74) is -0.768. The maximum absolute atomic E-state index is 13.1. The van der Waals surface area contributed by atoms with Gasteiger partial charge in [-0.3, -0.25) is 14.9 Å². The molecule has 1 amide bonds. The molecule has 16 heavy (non-hydrogen) atoms. The van der Waals surface area contributed by atoms with E-state index in [1.807, 2.05) is 0 Å². The van der Waals surface area contributed by atoms with E-state index in [2.05, 4.69) is 5.32 Å². The summed E-state index contributed by atoms with van der Waals surface area (Å²) >= 11 is 0. The average molecular weight is 223 g/mol. The first-order chi connectivity index (χ1) is 7.56. The highest BCUT2D eigenvalue weighted by molar-refractivity contribution is 5.94. The fourth-order valence-electron chi connectivity index (χ4n) is 1.02. The number of nitriles is 1. The molecule has 0 saturated carbocycles. The van der Waals surface area contributed by atoms with E-state index in [1.165, 1.54) is 0 Å². The number of hydrogen-bond donors (Lipinski definition) is 1. The first-order valence-electron chi connectivity index (χ1n) is 4.15. The molecule has 0 heterocycles. The molecule has 0 aliphatic heterocycles. The van der Waals surface area contributed by atoms with Crippen molar-refractivity contribution in [3.05, 3.63) is 39.7 Å². The van der Waals surface area contributed by atoms with Gasteiger partial charge in [0.25, 0.3) is 5.91 Å². The molecule has 0 aromatic heterocycles. The Bertz CT molecular complexity index is 481.